The Bertz CT molecular complexity index is 877. The molecule has 0 saturated carbocycles. The fraction of sp³-hybridized carbons (Fsp3) is 0.364. The number of amides is 1. The van der Waals surface area contributed by atoms with Gasteiger partial charge in [-0.3, -0.25) is 4.79 Å². The van der Waals surface area contributed by atoms with Gasteiger partial charge in [0.15, 0.2) is 0 Å². The number of anilines is 1. The molecule has 2 rings (SSSR count). The van der Waals surface area contributed by atoms with Gasteiger partial charge in [0.1, 0.15) is 5.75 Å². The number of benzene rings is 2. The molecule has 5 nitrogen and oxygen atoms in total. The Morgan fingerprint density at radius 1 is 1.14 bits per heavy atom. The summed E-state index contributed by atoms with van der Waals surface area (Å²) in [6.45, 7) is 8.23. The van der Waals surface area contributed by atoms with Crippen molar-refractivity contribution in [3.63, 3.8) is 0 Å². The van der Waals surface area contributed by atoms with E-state index in [0.717, 1.165) is 16.9 Å². The van der Waals surface area contributed by atoms with E-state index in [2.05, 4.69) is 21.2 Å². The number of carboxylic acids is 1. The Morgan fingerprint density at radius 2 is 1.86 bits per heavy atom. The maximum atomic E-state index is 12.7. The third kappa shape index (κ3) is 5.83. The summed E-state index contributed by atoms with van der Waals surface area (Å²) in [5.41, 5.74) is 1.91. The first kappa shape index (κ1) is 22.0. The zero-order valence-electron chi connectivity index (χ0n) is 16.6. The summed E-state index contributed by atoms with van der Waals surface area (Å²) in [7, 11) is 0. The fourth-order valence-electron chi connectivity index (χ4n) is 2.77. The smallest absolute Gasteiger partial charge is 0.337 e. The van der Waals surface area contributed by atoms with E-state index in [4.69, 9.17) is 4.74 Å². The molecule has 1 amide bonds. The molecule has 0 aliphatic carbocycles. The second-order valence-electron chi connectivity index (χ2n) is 7.55. The van der Waals surface area contributed by atoms with Crippen molar-refractivity contribution in [1.29, 1.82) is 0 Å². The molecule has 0 spiro atoms. The second kappa shape index (κ2) is 9.24. The van der Waals surface area contributed by atoms with Crippen LogP contribution in [0.4, 0.5) is 5.69 Å². The molecule has 0 fully saturated rings. The van der Waals surface area contributed by atoms with Crippen molar-refractivity contribution >= 4 is 33.5 Å². The molecular formula is C22H26BrNO4. The van der Waals surface area contributed by atoms with Crippen LogP contribution in [0.2, 0.25) is 0 Å². The topological polar surface area (TPSA) is 75.6 Å². The highest BCUT2D eigenvalue weighted by atomic mass is 79.9. The molecule has 6 heteroatoms. The molecular weight excluding hydrogens is 422 g/mol. The van der Waals surface area contributed by atoms with Gasteiger partial charge in [-0.2, -0.15) is 0 Å². The zero-order valence-corrected chi connectivity index (χ0v) is 18.2. The van der Waals surface area contributed by atoms with Crippen LogP contribution in [0, 0.1) is 19.3 Å². The summed E-state index contributed by atoms with van der Waals surface area (Å²) in [6.07, 6.45) is 1.32. The monoisotopic (exact) mass is 447 g/mol. The second-order valence-corrected chi connectivity index (χ2v) is 8.47. The minimum Gasteiger partial charge on any atom is -0.493 e. The summed E-state index contributed by atoms with van der Waals surface area (Å²) >= 11 is 3.31. The highest BCUT2D eigenvalue weighted by Gasteiger charge is 2.28. The number of hydrogen-bond donors (Lipinski definition) is 2. The van der Waals surface area contributed by atoms with E-state index >= 15 is 0 Å². The number of rotatable bonds is 8. The predicted octanol–water partition coefficient (Wildman–Crippen LogP) is 5.59. The number of aryl methyl sites for hydroxylation is 2. The first-order valence-corrected chi connectivity index (χ1v) is 9.94. The average Bonchev–Trinajstić information content (AvgIpc) is 2.61. The minimum absolute atomic E-state index is 0.0607. The molecule has 150 valence electrons. The fourth-order valence-corrected chi connectivity index (χ4v) is 3.13. The largest absolute Gasteiger partial charge is 0.493 e. The first-order chi connectivity index (χ1) is 13.1. The lowest BCUT2D eigenvalue weighted by Gasteiger charge is -2.24. The molecule has 0 bridgehead atoms. The van der Waals surface area contributed by atoms with Crippen LogP contribution in [0.15, 0.2) is 40.9 Å². The lowest BCUT2D eigenvalue weighted by Crippen LogP contribution is -2.31. The van der Waals surface area contributed by atoms with Crippen LogP contribution < -0.4 is 10.1 Å². The Kier molecular flexibility index (Phi) is 7.24. The van der Waals surface area contributed by atoms with E-state index in [0.29, 0.717) is 23.9 Å². The number of carbonyl (C=O) groups excluding carboxylic acids is 1. The minimum atomic E-state index is -1.08. The van der Waals surface area contributed by atoms with Gasteiger partial charge in [0.05, 0.1) is 17.9 Å². The van der Waals surface area contributed by atoms with Crippen molar-refractivity contribution in [1.82, 2.24) is 0 Å². The lowest BCUT2D eigenvalue weighted by molar-refractivity contribution is -0.124. The van der Waals surface area contributed by atoms with E-state index in [9.17, 15) is 14.7 Å². The molecule has 2 aromatic carbocycles. The highest BCUT2D eigenvalue weighted by Crippen LogP contribution is 2.28. The summed E-state index contributed by atoms with van der Waals surface area (Å²) in [4.78, 5) is 24.1. The SMILES string of the molecule is Cc1ccc(C)c(OCCCC(C)(C)C(=O)Nc2cc(Br)ccc2C(=O)O)c1. The highest BCUT2D eigenvalue weighted by molar-refractivity contribution is 9.10. The molecule has 0 heterocycles. The van der Waals surface area contributed by atoms with Crippen molar-refractivity contribution in [3.05, 3.63) is 57.6 Å². The van der Waals surface area contributed by atoms with Crippen molar-refractivity contribution in [2.75, 3.05) is 11.9 Å². The summed E-state index contributed by atoms with van der Waals surface area (Å²) in [6, 6.07) is 10.8. The van der Waals surface area contributed by atoms with Gasteiger partial charge in [-0.1, -0.05) is 41.9 Å². The molecule has 0 aliphatic heterocycles. The number of aromatic carboxylic acids is 1. The maximum Gasteiger partial charge on any atom is 0.337 e. The van der Waals surface area contributed by atoms with Crippen molar-refractivity contribution in [2.45, 2.75) is 40.5 Å². The Morgan fingerprint density at radius 3 is 2.54 bits per heavy atom. The van der Waals surface area contributed by atoms with Gasteiger partial charge >= 0.3 is 5.97 Å². The summed E-state index contributed by atoms with van der Waals surface area (Å²) < 4.78 is 6.56. The number of halogens is 1. The van der Waals surface area contributed by atoms with Crippen LogP contribution in [0.5, 0.6) is 5.75 Å². The molecule has 0 saturated heterocycles. The van der Waals surface area contributed by atoms with Crippen molar-refractivity contribution in [3.8, 4) is 5.75 Å². The number of nitrogens with one attached hydrogen (secondary N) is 1. The van der Waals surface area contributed by atoms with Gasteiger partial charge in [-0.25, -0.2) is 4.79 Å². The van der Waals surface area contributed by atoms with E-state index in [1.807, 2.05) is 45.9 Å². The van der Waals surface area contributed by atoms with Crippen LogP contribution in [-0.2, 0) is 4.79 Å². The number of ether oxygens (including phenoxy) is 1. The number of carboxylic acid groups (broad SMARTS) is 1. The summed E-state index contributed by atoms with van der Waals surface area (Å²) in [5.74, 6) is -0.440. The first-order valence-electron chi connectivity index (χ1n) is 9.14. The van der Waals surface area contributed by atoms with Gasteiger partial charge in [-0.15, -0.1) is 0 Å². The lowest BCUT2D eigenvalue weighted by atomic mass is 9.86. The third-order valence-corrected chi connectivity index (χ3v) is 5.12. The molecule has 0 radical (unpaired) electrons. The normalized spacial score (nSPS) is 11.2. The standard InChI is InChI=1S/C22H26BrNO4/c1-14-6-7-15(2)19(12-14)28-11-5-10-22(3,4)21(27)24-18-13-16(23)8-9-17(18)20(25)26/h6-9,12-13H,5,10-11H2,1-4H3,(H,24,27)(H,25,26). The predicted molar refractivity (Wildman–Crippen MR) is 114 cm³/mol. The van der Waals surface area contributed by atoms with E-state index in [1.54, 1.807) is 12.1 Å². The molecule has 0 aliphatic rings. The molecule has 2 aromatic rings. The molecule has 0 unspecified atom stereocenters. The Hall–Kier alpha value is -2.34. The van der Waals surface area contributed by atoms with Crippen LogP contribution in [0.1, 0.15) is 48.2 Å². The third-order valence-electron chi connectivity index (χ3n) is 4.62. The quantitative estimate of drug-likeness (QED) is 0.517. The van der Waals surface area contributed by atoms with Crippen LogP contribution in [-0.4, -0.2) is 23.6 Å². The molecule has 0 aromatic heterocycles. The number of hydrogen-bond acceptors (Lipinski definition) is 3. The Balaban J connectivity index is 1.95. The maximum absolute atomic E-state index is 12.7. The zero-order chi connectivity index (χ0) is 20.9. The molecule has 0 atom stereocenters. The van der Waals surface area contributed by atoms with E-state index in [1.165, 1.54) is 6.07 Å². The average molecular weight is 448 g/mol. The van der Waals surface area contributed by atoms with Crippen LogP contribution >= 0.6 is 15.9 Å². The van der Waals surface area contributed by atoms with E-state index in [-0.39, 0.29) is 17.2 Å². The van der Waals surface area contributed by atoms with Gasteiger partial charge in [-0.05, 0) is 62.1 Å². The van der Waals surface area contributed by atoms with Crippen LogP contribution in [0.25, 0.3) is 0 Å². The van der Waals surface area contributed by atoms with Crippen molar-refractivity contribution in [2.24, 2.45) is 5.41 Å². The summed E-state index contributed by atoms with van der Waals surface area (Å²) in [5, 5.41) is 12.1. The van der Waals surface area contributed by atoms with Crippen molar-refractivity contribution < 1.29 is 19.4 Å². The van der Waals surface area contributed by atoms with Gasteiger partial charge < -0.3 is 15.2 Å². The Labute approximate surface area is 174 Å². The number of carbonyl (C=O) groups is 2. The van der Waals surface area contributed by atoms with E-state index < -0.39 is 11.4 Å². The van der Waals surface area contributed by atoms with Gasteiger partial charge in [0.2, 0.25) is 5.91 Å². The van der Waals surface area contributed by atoms with Gasteiger partial charge in [0, 0.05) is 9.89 Å². The van der Waals surface area contributed by atoms with Crippen LogP contribution in [0.3, 0.4) is 0 Å². The molecule has 28 heavy (non-hydrogen) atoms. The van der Waals surface area contributed by atoms with Gasteiger partial charge in [0.25, 0.3) is 0 Å². The molecule has 2 N–H and O–H groups in total.